The lowest BCUT2D eigenvalue weighted by molar-refractivity contribution is 0.187. The Kier molecular flexibility index (Phi) is 3.38. The fraction of sp³-hybridized carbons (Fsp3) is 0.286. The summed E-state index contributed by atoms with van der Waals surface area (Å²) in [5.74, 6) is -0.0557. The lowest BCUT2D eigenvalue weighted by atomic mass is 9.90. The highest BCUT2D eigenvalue weighted by atomic mass is 19.1. The van der Waals surface area contributed by atoms with E-state index in [1.165, 1.54) is 12.1 Å². The average molecular weight is 261 g/mol. The fourth-order valence-electron chi connectivity index (χ4n) is 2.27. The van der Waals surface area contributed by atoms with Gasteiger partial charge in [-0.05, 0) is 24.6 Å². The van der Waals surface area contributed by atoms with Crippen molar-refractivity contribution in [1.82, 2.24) is 4.90 Å². The molecule has 0 fully saturated rings. The van der Waals surface area contributed by atoms with Crippen LogP contribution in [-0.2, 0) is 6.42 Å². The lowest BCUT2D eigenvalue weighted by Gasteiger charge is -2.34. The van der Waals surface area contributed by atoms with E-state index in [2.05, 4.69) is 11.6 Å². The van der Waals surface area contributed by atoms with Crippen molar-refractivity contribution in [3.63, 3.8) is 0 Å². The van der Waals surface area contributed by atoms with E-state index in [1.807, 2.05) is 6.92 Å². The Bertz CT molecular complexity index is 555. The number of rotatable bonds is 4. The maximum atomic E-state index is 13.2. The quantitative estimate of drug-likeness (QED) is 0.844. The molecule has 0 saturated heterocycles. The first-order valence-electron chi connectivity index (χ1n) is 5.99. The number of hydrogen-bond acceptors (Lipinski definition) is 2. The van der Waals surface area contributed by atoms with E-state index >= 15 is 0 Å². The zero-order chi connectivity index (χ0) is 14.0. The van der Waals surface area contributed by atoms with Crippen molar-refractivity contribution in [2.45, 2.75) is 18.9 Å². The second kappa shape index (κ2) is 4.84. The molecule has 1 aromatic rings. The van der Waals surface area contributed by atoms with Gasteiger partial charge in [0.1, 0.15) is 17.2 Å². The summed E-state index contributed by atoms with van der Waals surface area (Å²) in [4.78, 5) is 17.1. The molecular formula is C14H16FN3O. The Morgan fingerprint density at radius 3 is 2.95 bits per heavy atom. The Hall–Kier alpha value is -2.17. The van der Waals surface area contributed by atoms with Crippen LogP contribution in [0, 0.1) is 5.82 Å². The van der Waals surface area contributed by atoms with E-state index in [9.17, 15) is 9.18 Å². The molecule has 0 aliphatic carbocycles. The Labute approximate surface area is 111 Å². The maximum Gasteiger partial charge on any atom is 0.346 e. The first-order chi connectivity index (χ1) is 8.97. The highest BCUT2D eigenvalue weighted by molar-refractivity contribution is 6.05. The molecule has 5 heteroatoms. The van der Waals surface area contributed by atoms with Crippen molar-refractivity contribution in [2.24, 2.45) is 10.7 Å². The summed E-state index contributed by atoms with van der Waals surface area (Å²) in [6, 6.07) is 5.88. The van der Waals surface area contributed by atoms with Gasteiger partial charge in [0.25, 0.3) is 0 Å². The van der Waals surface area contributed by atoms with Gasteiger partial charge in [0.2, 0.25) is 0 Å². The molecule has 1 aromatic carbocycles. The van der Waals surface area contributed by atoms with Crippen LogP contribution in [0.3, 0.4) is 0 Å². The van der Waals surface area contributed by atoms with Crippen molar-refractivity contribution >= 4 is 11.9 Å². The molecule has 0 bridgehead atoms. The number of hydrogen-bond donors (Lipinski definition) is 1. The number of benzene rings is 1. The molecular weight excluding hydrogens is 245 g/mol. The minimum Gasteiger partial charge on any atom is -0.385 e. The molecule has 2 amide bonds. The summed E-state index contributed by atoms with van der Waals surface area (Å²) >= 11 is 0. The summed E-state index contributed by atoms with van der Waals surface area (Å²) in [6.07, 6.45) is 2.04. The number of amides is 2. The number of urea groups is 1. The van der Waals surface area contributed by atoms with Crippen molar-refractivity contribution in [1.29, 1.82) is 0 Å². The number of carbonyl (C=O) groups is 1. The summed E-state index contributed by atoms with van der Waals surface area (Å²) in [5.41, 5.74) is 5.90. The largest absolute Gasteiger partial charge is 0.385 e. The topological polar surface area (TPSA) is 58.7 Å². The molecule has 1 heterocycles. The van der Waals surface area contributed by atoms with E-state index in [0.29, 0.717) is 13.0 Å². The second-order valence-corrected chi connectivity index (χ2v) is 4.76. The maximum absolute atomic E-state index is 13.2. The van der Waals surface area contributed by atoms with Crippen molar-refractivity contribution in [2.75, 3.05) is 6.54 Å². The van der Waals surface area contributed by atoms with Crippen LogP contribution in [0.1, 0.15) is 12.5 Å². The minimum absolute atomic E-state index is 0.253. The van der Waals surface area contributed by atoms with Gasteiger partial charge >= 0.3 is 6.03 Å². The van der Waals surface area contributed by atoms with Gasteiger partial charge in [-0.3, -0.25) is 0 Å². The minimum atomic E-state index is -0.737. The SMILES string of the molecule is C=CCN1C(=O)N=C(N)C1(C)Cc1cccc(F)c1. The average Bonchev–Trinajstić information content (AvgIpc) is 2.53. The number of nitrogens with zero attached hydrogens (tertiary/aromatic N) is 2. The van der Waals surface area contributed by atoms with Gasteiger partial charge in [0.05, 0.1) is 0 Å². The Balaban J connectivity index is 2.32. The monoisotopic (exact) mass is 261 g/mol. The molecule has 4 nitrogen and oxygen atoms in total. The van der Waals surface area contributed by atoms with Crippen molar-refractivity contribution < 1.29 is 9.18 Å². The molecule has 19 heavy (non-hydrogen) atoms. The van der Waals surface area contributed by atoms with E-state index in [1.54, 1.807) is 23.1 Å². The summed E-state index contributed by atoms with van der Waals surface area (Å²) in [7, 11) is 0. The van der Waals surface area contributed by atoms with Gasteiger partial charge in [0.15, 0.2) is 0 Å². The van der Waals surface area contributed by atoms with E-state index in [0.717, 1.165) is 5.56 Å². The third-order valence-electron chi connectivity index (χ3n) is 3.34. The van der Waals surface area contributed by atoms with Crippen molar-refractivity contribution in [3.8, 4) is 0 Å². The number of aliphatic imine (C=N–C) groups is 1. The van der Waals surface area contributed by atoms with Gasteiger partial charge in [-0.2, -0.15) is 4.99 Å². The zero-order valence-corrected chi connectivity index (χ0v) is 10.8. The predicted molar refractivity (Wildman–Crippen MR) is 72.4 cm³/mol. The van der Waals surface area contributed by atoms with Gasteiger partial charge in [-0.25, -0.2) is 9.18 Å². The van der Waals surface area contributed by atoms with Crippen LogP contribution < -0.4 is 5.73 Å². The third-order valence-corrected chi connectivity index (χ3v) is 3.34. The molecule has 1 unspecified atom stereocenters. The summed E-state index contributed by atoms with van der Waals surface area (Å²) in [5, 5.41) is 0. The Morgan fingerprint density at radius 1 is 1.58 bits per heavy atom. The highest BCUT2D eigenvalue weighted by Gasteiger charge is 2.43. The van der Waals surface area contributed by atoms with Gasteiger partial charge in [-0.1, -0.05) is 18.2 Å². The van der Waals surface area contributed by atoms with Crippen LogP contribution in [-0.4, -0.2) is 28.9 Å². The van der Waals surface area contributed by atoms with Gasteiger partial charge in [-0.15, -0.1) is 6.58 Å². The van der Waals surface area contributed by atoms with Crippen LogP contribution in [0.4, 0.5) is 9.18 Å². The lowest BCUT2D eigenvalue weighted by Crippen LogP contribution is -2.53. The molecule has 0 saturated carbocycles. The Morgan fingerprint density at radius 2 is 2.32 bits per heavy atom. The number of halogens is 1. The summed E-state index contributed by atoms with van der Waals surface area (Å²) in [6.45, 7) is 5.81. The first kappa shape index (κ1) is 13.3. The van der Waals surface area contributed by atoms with Crippen LogP contribution >= 0.6 is 0 Å². The molecule has 1 aliphatic rings. The van der Waals surface area contributed by atoms with E-state index in [-0.39, 0.29) is 17.7 Å². The molecule has 0 spiro atoms. The number of carbonyl (C=O) groups excluding carboxylic acids is 1. The summed E-state index contributed by atoms with van der Waals surface area (Å²) < 4.78 is 13.2. The fourth-order valence-corrected chi connectivity index (χ4v) is 2.27. The van der Waals surface area contributed by atoms with Gasteiger partial charge in [0, 0.05) is 13.0 Å². The highest BCUT2D eigenvalue weighted by Crippen LogP contribution is 2.27. The van der Waals surface area contributed by atoms with Crippen molar-refractivity contribution in [3.05, 3.63) is 48.3 Å². The molecule has 0 aromatic heterocycles. The van der Waals surface area contributed by atoms with Gasteiger partial charge < -0.3 is 10.6 Å². The normalized spacial score (nSPS) is 22.5. The van der Waals surface area contributed by atoms with Crippen LogP contribution in [0.15, 0.2) is 41.9 Å². The van der Waals surface area contributed by atoms with E-state index < -0.39 is 5.54 Å². The molecule has 1 aliphatic heterocycles. The second-order valence-electron chi connectivity index (χ2n) is 4.76. The van der Waals surface area contributed by atoms with Crippen LogP contribution in [0.2, 0.25) is 0 Å². The molecule has 2 N–H and O–H groups in total. The predicted octanol–water partition coefficient (Wildman–Crippen LogP) is 2.11. The van der Waals surface area contributed by atoms with Crippen LogP contribution in [0.5, 0.6) is 0 Å². The third kappa shape index (κ3) is 2.36. The molecule has 100 valence electrons. The van der Waals surface area contributed by atoms with Crippen LogP contribution in [0.25, 0.3) is 0 Å². The standard InChI is InChI=1S/C14H16FN3O/c1-3-7-18-13(19)17-12(16)14(18,2)9-10-5-4-6-11(15)8-10/h3-6,8H,1,7,9H2,2H3,(H2,16,17,19). The molecule has 2 rings (SSSR count). The molecule has 0 radical (unpaired) electrons. The number of amidine groups is 1. The smallest absolute Gasteiger partial charge is 0.346 e. The zero-order valence-electron chi connectivity index (χ0n) is 10.8. The first-order valence-corrected chi connectivity index (χ1v) is 5.99. The van der Waals surface area contributed by atoms with E-state index in [4.69, 9.17) is 5.73 Å². The number of nitrogens with two attached hydrogens (primary N) is 1. The molecule has 1 atom stereocenters.